The van der Waals surface area contributed by atoms with E-state index in [0.29, 0.717) is 0 Å². The SMILES string of the molecule is CN=C(NCCCn1c(C)nc2ccccc21)NCc1ccc(N2CC=CC2)cc1. The number of hydrogen-bond donors (Lipinski definition) is 2. The van der Waals surface area contributed by atoms with Crippen LogP contribution in [0.25, 0.3) is 11.0 Å². The Labute approximate surface area is 178 Å². The molecule has 0 bridgehead atoms. The molecule has 1 aromatic heterocycles. The van der Waals surface area contributed by atoms with Gasteiger partial charge in [-0.2, -0.15) is 0 Å². The van der Waals surface area contributed by atoms with Crippen LogP contribution in [0.15, 0.2) is 65.7 Å². The second kappa shape index (κ2) is 9.48. The van der Waals surface area contributed by atoms with Crippen molar-refractivity contribution < 1.29 is 0 Å². The summed E-state index contributed by atoms with van der Waals surface area (Å²) in [4.78, 5) is 11.3. The van der Waals surface area contributed by atoms with Gasteiger partial charge in [0.25, 0.3) is 0 Å². The number of benzene rings is 2. The average Bonchev–Trinajstić information content (AvgIpc) is 3.42. The van der Waals surface area contributed by atoms with Crippen molar-refractivity contribution in [3.8, 4) is 0 Å². The van der Waals surface area contributed by atoms with E-state index in [2.05, 4.69) is 91.6 Å². The molecule has 0 radical (unpaired) electrons. The maximum atomic E-state index is 4.64. The van der Waals surface area contributed by atoms with Crippen LogP contribution in [0.2, 0.25) is 0 Å². The van der Waals surface area contributed by atoms with Crippen LogP contribution in [0.1, 0.15) is 17.8 Å². The number of rotatable bonds is 7. The number of aryl methyl sites for hydroxylation is 2. The first kappa shape index (κ1) is 20.0. The second-order valence-corrected chi connectivity index (χ2v) is 7.55. The molecule has 2 heterocycles. The zero-order valence-electron chi connectivity index (χ0n) is 17.8. The minimum Gasteiger partial charge on any atom is -0.364 e. The van der Waals surface area contributed by atoms with Crippen molar-refractivity contribution in [1.82, 2.24) is 20.2 Å². The van der Waals surface area contributed by atoms with E-state index in [1.54, 1.807) is 0 Å². The highest BCUT2D eigenvalue weighted by Gasteiger charge is 2.08. The molecule has 0 saturated heterocycles. The first-order chi connectivity index (χ1) is 14.7. The van der Waals surface area contributed by atoms with Crippen molar-refractivity contribution in [2.75, 3.05) is 31.6 Å². The molecule has 2 N–H and O–H groups in total. The number of anilines is 1. The van der Waals surface area contributed by atoms with Crippen molar-refractivity contribution in [2.24, 2.45) is 4.99 Å². The fraction of sp³-hybridized carbons (Fsp3) is 0.333. The van der Waals surface area contributed by atoms with Crippen molar-refractivity contribution >= 4 is 22.7 Å². The quantitative estimate of drug-likeness (QED) is 0.275. The minimum atomic E-state index is 0.753. The molecule has 30 heavy (non-hydrogen) atoms. The summed E-state index contributed by atoms with van der Waals surface area (Å²) in [5.74, 6) is 1.89. The fourth-order valence-electron chi connectivity index (χ4n) is 3.84. The van der Waals surface area contributed by atoms with Gasteiger partial charge in [0, 0.05) is 45.5 Å². The van der Waals surface area contributed by atoms with E-state index in [1.807, 2.05) is 13.1 Å². The predicted molar refractivity (Wildman–Crippen MR) is 125 cm³/mol. The highest BCUT2D eigenvalue weighted by atomic mass is 15.2. The molecule has 0 spiro atoms. The smallest absolute Gasteiger partial charge is 0.191 e. The Kier molecular flexibility index (Phi) is 6.32. The van der Waals surface area contributed by atoms with Crippen molar-refractivity contribution in [3.63, 3.8) is 0 Å². The summed E-state index contributed by atoms with van der Waals surface area (Å²) in [5.41, 5.74) is 4.78. The summed E-state index contributed by atoms with van der Waals surface area (Å²) < 4.78 is 2.28. The van der Waals surface area contributed by atoms with E-state index in [0.717, 1.165) is 56.4 Å². The van der Waals surface area contributed by atoms with Crippen molar-refractivity contribution in [3.05, 3.63) is 72.1 Å². The number of para-hydroxylation sites is 2. The predicted octanol–water partition coefficient (Wildman–Crippen LogP) is 3.48. The number of nitrogens with one attached hydrogen (secondary N) is 2. The van der Waals surface area contributed by atoms with Crippen LogP contribution < -0.4 is 15.5 Å². The Morgan fingerprint density at radius 3 is 2.57 bits per heavy atom. The Morgan fingerprint density at radius 2 is 1.80 bits per heavy atom. The first-order valence-corrected chi connectivity index (χ1v) is 10.6. The van der Waals surface area contributed by atoms with Gasteiger partial charge in [0.1, 0.15) is 5.82 Å². The lowest BCUT2D eigenvalue weighted by Crippen LogP contribution is -2.37. The van der Waals surface area contributed by atoms with Gasteiger partial charge in [0.15, 0.2) is 5.96 Å². The maximum absolute atomic E-state index is 4.64. The van der Waals surface area contributed by atoms with Crippen LogP contribution in [0.5, 0.6) is 0 Å². The lowest BCUT2D eigenvalue weighted by Gasteiger charge is -2.18. The molecule has 1 aliphatic heterocycles. The van der Waals surface area contributed by atoms with Gasteiger partial charge >= 0.3 is 0 Å². The topological polar surface area (TPSA) is 57.5 Å². The molecule has 0 fully saturated rings. The van der Waals surface area contributed by atoms with E-state index in [1.165, 1.54) is 16.8 Å². The normalized spacial score (nSPS) is 13.9. The molecule has 6 nitrogen and oxygen atoms in total. The monoisotopic (exact) mass is 402 g/mol. The molecular formula is C24H30N6. The fourth-order valence-corrected chi connectivity index (χ4v) is 3.84. The van der Waals surface area contributed by atoms with Crippen LogP contribution in [0, 0.1) is 6.92 Å². The van der Waals surface area contributed by atoms with Crippen LogP contribution in [0.4, 0.5) is 5.69 Å². The average molecular weight is 403 g/mol. The van der Waals surface area contributed by atoms with E-state index in [-0.39, 0.29) is 0 Å². The van der Waals surface area contributed by atoms with E-state index < -0.39 is 0 Å². The third-order valence-electron chi connectivity index (χ3n) is 5.50. The van der Waals surface area contributed by atoms with Gasteiger partial charge in [-0.15, -0.1) is 0 Å². The van der Waals surface area contributed by atoms with Gasteiger partial charge < -0.3 is 20.1 Å². The lowest BCUT2D eigenvalue weighted by molar-refractivity contribution is 0.624. The zero-order chi connectivity index (χ0) is 20.8. The second-order valence-electron chi connectivity index (χ2n) is 7.55. The molecule has 3 aromatic rings. The minimum absolute atomic E-state index is 0.753. The summed E-state index contributed by atoms with van der Waals surface area (Å²) in [6, 6.07) is 17.1. The van der Waals surface area contributed by atoms with Crippen LogP contribution >= 0.6 is 0 Å². The highest BCUT2D eigenvalue weighted by Crippen LogP contribution is 2.18. The summed E-state index contributed by atoms with van der Waals surface area (Å²) in [6.07, 6.45) is 5.42. The van der Waals surface area contributed by atoms with Crippen LogP contribution in [0.3, 0.4) is 0 Å². The van der Waals surface area contributed by atoms with Gasteiger partial charge in [-0.05, 0) is 43.2 Å². The molecule has 6 heteroatoms. The zero-order valence-corrected chi connectivity index (χ0v) is 17.8. The summed E-state index contributed by atoms with van der Waals surface area (Å²) in [7, 11) is 1.81. The molecule has 0 unspecified atom stereocenters. The van der Waals surface area contributed by atoms with Gasteiger partial charge in [-0.1, -0.05) is 36.4 Å². The van der Waals surface area contributed by atoms with Crippen molar-refractivity contribution in [1.29, 1.82) is 0 Å². The Balaban J connectivity index is 1.22. The van der Waals surface area contributed by atoms with E-state index in [4.69, 9.17) is 0 Å². The van der Waals surface area contributed by atoms with Gasteiger partial charge in [-0.3, -0.25) is 4.99 Å². The molecule has 1 aliphatic rings. The molecule has 0 aliphatic carbocycles. The van der Waals surface area contributed by atoms with E-state index >= 15 is 0 Å². The van der Waals surface area contributed by atoms with Gasteiger partial charge in [0.2, 0.25) is 0 Å². The number of imidazole rings is 1. The molecule has 0 amide bonds. The first-order valence-electron chi connectivity index (χ1n) is 10.6. The molecule has 156 valence electrons. The van der Waals surface area contributed by atoms with Gasteiger partial charge in [0.05, 0.1) is 11.0 Å². The Bertz CT molecular complexity index is 1020. The standard InChI is InChI=1S/C24H30N6/c1-19-28-22-8-3-4-9-23(22)30(19)17-7-14-26-24(25-2)27-18-20-10-12-21(13-11-20)29-15-5-6-16-29/h3-6,8-13H,7,14-18H2,1-2H3,(H2,25,26,27). The van der Waals surface area contributed by atoms with E-state index in [9.17, 15) is 0 Å². The highest BCUT2D eigenvalue weighted by molar-refractivity contribution is 5.79. The number of fused-ring (bicyclic) bond motifs is 1. The Hall–Kier alpha value is -3.28. The third kappa shape index (κ3) is 4.64. The number of aromatic nitrogens is 2. The lowest BCUT2D eigenvalue weighted by atomic mass is 10.2. The molecule has 2 aromatic carbocycles. The van der Waals surface area contributed by atoms with Crippen LogP contribution in [-0.4, -0.2) is 42.2 Å². The van der Waals surface area contributed by atoms with Crippen molar-refractivity contribution in [2.45, 2.75) is 26.4 Å². The third-order valence-corrected chi connectivity index (χ3v) is 5.50. The Morgan fingerprint density at radius 1 is 1.03 bits per heavy atom. The molecule has 0 saturated carbocycles. The number of hydrogen-bond acceptors (Lipinski definition) is 3. The van der Waals surface area contributed by atoms with Gasteiger partial charge in [-0.25, -0.2) is 4.98 Å². The summed E-state index contributed by atoms with van der Waals surface area (Å²) in [5, 5.41) is 6.82. The number of aliphatic imine (C=N–C) groups is 1. The maximum Gasteiger partial charge on any atom is 0.191 e. The van der Waals surface area contributed by atoms with Crippen LogP contribution in [-0.2, 0) is 13.1 Å². The number of nitrogens with zero attached hydrogens (tertiary/aromatic N) is 4. The molecular weight excluding hydrogens is 372 g/mol. The summed E-state index contributed by atoms with van der Waals surface area (Å²) in [6.45, 7) is 6.61. The largest absolute Gasteiger partial charge is 0.364 e. The summed E-state index contributed by atoms with van der Waals surface area (Å²) >= 11 is 0. The molecule has 0 atom stereocenters. The number of guanidine groups is 1. The molecule has 4 rings (SSSR count).